The summed E-state index contributed by atoms with van der Waals surface area (Å²) >= 11 is 5.79. The van der Waals surface area contributed by atoms with Gasteiger partial charge in [0.1, 0.15) is 12.2 Å². The number of ether oxygens (including phenoxy) is 1. The molecule has 0 aliphatic heterocycles. The zero-order chi connectivity index (χ0) is 11.4. The summed E-state index contributed by atoms with van der Waals surface area (Å²) in [5.41, 5.74) is 0.194. The molecule has 0 saturated heterocycles. The highest BCUT2D eigenvalue weighted by Gasteiger charge is 2.14. The van der Waals surface area contributed by atoms with Crippen molar-refractivity contribution in [3.05, 3.63) is 28.8 Å². The predicted octanol–water partition coefficient (Wildman–Crippen LogP) is 2.01. The molecule has 0 unspecified atom stereocenters. The minimum atomic E-state index is -1.17. The molecule has 4 nitrogen and oxygen atoms in total. The number of ketones is 1. The second-order valence-corrected chi connectivity index (χ2v) is 3.25. The molecule has 0 atom stereocenters. The molecule has 0 heterocycles. The van der Waals surface area contributed by atoms with Crippen molar-refractivity contribution < 1.29 is 19.4 Å². The Morgan fingerprint density at radius 3 is 2.60 bits per heavy atom. The molecule has 15 heavy (non-hydrogen) atoms. The SMILES string of the molecule is COc1ccc(C(=O)CC(=O)O)c(Cl)c1. The van der Waals surface area contributed by atoms with Crippen LogP contribution in [0, 0.1) is 0 Å². The van der Waals surface area contributed by atoms with Crippen LogP contribution in [-0.4, -0.2) is 24.0 Å². The third-order valence-corrected chi connectivity index (χ3v) is 2.10. The van der Waals surface area contributed by atoms with Gasteiger partial charge in [0, 0.05) is 5.56 Å². The Morgan fingerprint density at radius 1 is 1.47 bits per heavy atom. The van der Waals surface area contributed by atoms with Crippen LogP contribution in [0.2, 0.25) is 5.02 Å². The molecule has 0 bridgehead atoms. The molecule has 0 aromatic heterocycles. The predicted molar refractivity (Wildman–Crippen MR) is 54.6 cm³/mol. The largest absolute Gasteiger partial charge is 0.497 e. The fourth-order valence-corrected chi connectivity index (χ4v) is 1.36. The number of carbonyl (C=O) groups excluding carboxylic acids is 1. The second-order valence-electron chi connectivity index (χ2n) is 2.84. The van der Waals surface area contributed by atoms with Gasteiger partial charge in [-0.25, -0.2) is 0 Å². The third-order valence-electron chi connectivity index (χ3n) is 1.79. The number of aliphatic carboxylic acids is 1. The molecule has 0 aliphatic carbocycles. The highest BCUT2D eigenvalue weighted by molar-refractivity contribution is 6.34. The van der Waals surface area contributed by atoms with Crippen molar-refractivity contribution in [3.8, 4) is 5.75 Å². The Kier molecular flexibility index (Phi) is 3.68. The smallest absolute Gasteiger partial charge is 0.311 e. The van der Waals surface area contributed by atoms with E-state index in [-0.39, 0.29) is 10.6 Å². The average molecular weight is 229 g/mol. The summed E-state index contributed by atoms with van der Waals surface area (Å²) in [7, 11) is 1.48. The summed E-state index contributed by atoms with van der Waals surface area (Å²) < 4.78 is 4.90. The normalized spacial score (nSPS) is 9.73. The highest BCUT2D eigenvalue weighted by atomic mass is 35.5. The van der Waals surface area contributed by atoms with E-state index in [9.17, 15) is 9.59 Å². The van der Waals surface area contributed by atoms with Crippen molar-refractivity contribution in [1.29, 1.82) is 0 Å². The summed E-state index contributed by atoms with van der Waals surface area (Å²) in [4.78, 5) is 21.7. The first-order valence-corrected chi connectivity index (χ1v) is 4.51. The van der Waals surface area contributed by atoms with Crippen molar-refractivity contribution in [2.45, 2.75) is 6.42 Å². The van der Waals surface area contributed by atoms with Crippen LogP contribution in [0.5, 0.6) is 5.75 Å². The molecule has 0 spiro atoms. The lowest BCUT2D eigenvalue weighted by Crippen LogP contribution is -2.07. The van der Waals surface area contributed by atoms with Crippen LogP contribution in [0.15, 0.2) is 18.2 Å². The standard InChI is InChI=1S/C10H9ClO4/c1-15-6-2-3-7(8(11)4-6)9(12)5-10(13)14/h2-4H,5H2,1H3,(H,13,14). The Bertz CT molecular complexity index is 400. The lowest BCUT2D eigenvalue weighted by Gasteiger charge is -2.04. The van der Waals surface area contributed by atoms with E-state index in [1.807, 2.05) is 0 Å². The zero-order valence-electron chi connectivity index (χ0n) is 7.99. The van der Waals surface area contributed by atoms with E-state index in [4.69, 9.17) is 21.4 Å². The lowest BCUT2D eigenvalue weighted by atomic mass is 10.1. The Hall–Kier alpha value is -1.55. The second kappa shape index (κ2) is 4.79. The quantitative estimate of drug-likeness (QED) is 0.633. The van der Waals surface area contributed by atoms with Gasteiger partial charge in [0.15, 0.2) is 5.78 Å². The maximum Gasteiger partial charge on any atom is 0.311 e. The van der Waals surface area contributed by atoms with Crippen molar-refractivity contribution in [2.24, 2.45) is 0 Å². The monoisotopic (exact) mass is 228 g/mol. The van der Waals surface area contributed by atoms with Crippen LogP contribution >= 0.6 is 11.6 Å². The van der Waals surface area contributed by atoms with Gasteiger partial charge in [0.05, 0.1) is 12.1 Å². The number of halogens is 1. The van der Waals surface area contributed by atoms with E-state index < -0.39 is 18.2 Å². The minimum Gasteiger partial charge on any atom is -0.497 e. The molecule has 1 N–H and O–H groups in total. The zero-order valence-corrected chi connectivity index (χ0v) is 8.75. The molecular formula is C10H9ClO4. The first-order valence-electron chi connectivity index (χ1n) is 4.13. The maximum absolute atomic E-state index is 11.4. The van der Waals surface area contributed by atoms with Crippen molar-refractivity contribution in [3.63, 3.8) is 0 Å². The number of methoxy groups -OCH3 is 1. The van der Waals surface area contributed by atoms with Crippen LogP contribution in [-0.2, 0) is 4.79 Å². The van der Waals surface area contributed by atoms with Gasteiger partial charge in [-0.05, 0) is 18.2 Å². The maximum atomic E-state index is 11.4. The molecule has 0 amide bonds. The van der Waals surface area contributed by atoms with Crippen molar-refractivity contribution in [2.75, 3.05) is 7.11 Å². The summed E-state index contributed by atoms with van der Waals surface area (Å²) in [6.07, 6.45) is -0.563. The van der Waals surface area contributed by atoms with Crippen LogP contribution in [0.4, 0.5) is 0 Å². The van der Waals surface area contributed by atoms with E-state index in [1.165, 1.54) is 19.2 Å². The van der Waals surface area contributed by atoms with Gasteiger partial charge in [0.25, 0.3) is 0 Å². The number of hydrogen-bond acceptors (Lipinski definition) is 3. The van der Waals surface area contributed by atoms with E-state index >= 15 is 0 Å². The first kappa shape index (κ1) is 11.5. The molecular weight excluding hydrogens is 220 g/mol. The van der Waals surface area contributed by atoms with Crippen LogP contribution in [0.1, 0.15) is 16.8 Å². The van der Waals surface area contributed by atoms with Gasteiger partial charge < -0.3 is 9.84 Å². The third kappa shape index (κ3) is 2.95. The lowest BCUT2D eigenvalue weighted by molar-refractivity contribution is -0.135. The molecule has 1 aromatic rings. The van der Waals surface area contributed by atoms with Crippen molar-refractivity contribution in [1.82, 2.24) is 0 Å². The van der Waals surface area contributed by atoms with E-state index in [1.54, 1.807) is 6.07 Å². The molecule has 80 valence electrons. The number of rotatable bonds is 4. The number of benzene rings is 1. The fourth-order valence-electron chi connectivity index (χ4n) is 1.08. The molecule has 1 aromatic carbocycles. The summed E-state index contributed by atoms with van der Waals surface area (Å²) in [5, 5.41) is 8.64. The van der Waals surface area contributed by atoms with E-state index in [0.29, 0.717) is 5.75 Å². The summed E-state index contributed by atoms with van der Waals surface area (Å²) in [6, 6.07) is 4.48. The van der Waals surface area contributed by atoms with Gasteiger partial charge >= 0.3 is 5.97 Å². The molecule has 0 aliphatic rings. The van der Waals surface area contributed by atoms with Gasteiger partial charge in [-0.2, -0.15) is 0 Å². The molecule has 0 fully saturated rings. The minimum absolute atomic E-state index is 0.194. The van der Waals surface area contributed by atoms with Crippen LogP contribution in [0.25, 0.3) is 0 Å². The molecule has 0 saturated carbocycles. The Balaban J connectivity index is 2.95. The average Bonchev–Trinajstić information content (AvgIpc) is 2.16. The number of hydrogen-bond donors (Lipinski definition) is 1. The Morgan fingerprint density at radius 2 is 2.13 bits per heavy atom. The molecule has 0 radical (unpaired) electrons. The first-order chi connectivity index (χ1) is 7.04. The van der Waals surface area contributed by atoms with Gasteiger partial charge in [-0.3, -0.25) is 9.59 Å². The molecule has 5 heteroatoms. The summed E-state index contributed by atoms with van der Waals surface area (Å²) in [5.74, 6) is -1.17. The van der Waals surface area contributed by atoms with Gasteiger partial charge in [0.2, 0.25) is 0 Å². The van der Waals surface area contributed by atoms with Crippen LogP contribution < -0.4 is 4.74 Å². The number of carboxylic acid groups (broad SMARTS) is 1. The van der Waals surface area contributed by atoms with Gasteiger partial charge in [-0.1, -0.05) is 11.6 Å². The van der Waals surface area contributed by atoms with Crippen LogP contribution in [0.3, 0.4) is 0 Å². The Labute approximate surface area is 91.4 Å². The number of carbonyl (C=O) groups is 2. The molecule has 1 rings (SSSR count). The number of Topliss-reactive ketones (excluding diaryl/α,β-unsaturated/α-hetero) is 1. The van der Waals surface area contributed by atoms with Crippen molar-refractivity contribution >= 4 is 23.4 Å². The van der Waals surface area contributed by atoms with E-state index in [2.05, 4.69) is 0 Å². The fraction of sp³-hybridized carbons (Fsp3) is 0.200. The van der Waals surface area contributed by atoms with E-state index in [0.717, 1.165) is 0 Å². The topological polar surface area (TPSA) is 63.6 Å². The van der Waals surface area contributed by atoms with Gasteiger partial charge in [-0.15, -0.1) is 0 Å². The highest BCUT2D eigenvalue weighted by Crippen LogP contribution is 2.23. The number of carboxylic acids is 1. The summed E-state index contributed by atoms with van der Waals surface area (Å²) in [6.45, 7) is 0.